The maximum absolute atomic E-state index is 13.1. The van der Waals surface area contributed by atoms with Crippen molar-refractivity contribution >= 4 is 93.5 Å². The van der Waals surface area contributed by atoms with Crippen LogP contribution < -0.4 is 9.47 Å². The van der Waals surface area contributed by atoms with Crippen molar-refractivity contribution in [1.82, 2.24) is 0 Å². The number of esters is 4. The third-order valence-electron chi connectivity index (χ3n) is 8.56. The number of halogens is 6. The number of hydrogen-bond acceptors (Lipinski definition) is 8. The molecule has 0 unspecified atom stereocenters. The molecular formula is C34H36Cl6O8. The molecule has 2 saturated carbocycles. The van der Waals surface area contributed by atoms with E-state index in [1.807, 2.05) is 0 Å². The zero-order valence-electron chi connectivity index (χ0n) is 26.9. The van der Waals surface area contributed by atoms with Gasteiger partial charge in [-0.2, -0.15) is 0 Å². The van der Waals surface area contributed by atoms with Crippen LogP contribution >= 0.6 is 69.6 Å². The van der Waals surface area contributed by atoms with Crippen LogP contribution in [0.5, 0.6) is 11.5 Å². The third kappa shape index (κ3) is 9.64. The Morgan fingerprint density at radius 2 is 0.938 bits per heavy atom. The van der Waals surface area contributed by atoms with Crippen molar-refractivity contribution in [3.8, 4) is 11.5 Å². The summed E-state index contributed by atoms with van der Waals surface area (Å²) in [6.45, 7) is 8.96. The van der Waals surface area contributed by atoms with E-state index in [0.29, 0.717) is 35.5 Å². The van der Waals surface area contributed by atoms with Gasteiger partial charge >= 0.3 is 23.9 Å². The molecule has 0 spiro atoms. The minimum atomic E-state index is -1.64. The molecule has 48 heavy (non-hydrogen) atoms. The van der Waals surface area contributed by atoms with Crippen molar-refractivity contribution in [1.29, 1.82) is 0 Å². The molecule has 4 rings (SSSR count). The van der Waals surface area contributed by atoms with Crippen LogP contribution in [0.25, 0.3) is 0 Å². The number of carbonyl (C=O) groups excluding carboxylic acids is 4. The smallest absolute Gasteiger partial charge is 0.423 e. The lowest BCUT2D eigenvalue weighted by Gasteiger charge is -2.42. The Labute approximate surface area is 309 Å². The summed E-state index contributed by atoms with van der Waals surface area (Å²) in [6.07, 6.45) is 7.36. The van der Waals surface area contributed by atoms with E-state index in [1.165, 1.54) is 0 Å². The quantitative estimate of drug-likeness (QED) is 0.0689. The summed E-state index contributed by atoms with van der Waals surface area (Å²) in [7, 11) is 0. The molecule has 0 aliphatic heterocycles. The molecule has 0 bridgehead atoms. The van der Waals surface area contributed by atoms with E-state index in [4.69, 9.17) is 88.6 Å². The summed E-state index contributed by atoms with van der Waals surface area (Å²) in [5.41, 5.74) is -0.255. The largest absolute Gasteiger partial charge is 0.462 e. The molecule has 14 heteroatoms. The first kappa shape index (κ1) is 38.9. The molecule has 2 aromatic rings. The third-order valence-corrected chi connectivity index (χ3v) is 10.7. The van der Waals surface area contributed by atoms with Crippen molar-refractivity contribution in [2.75, 3.05) is 13.2 Å². The minimum Gasteiger partial charge on any atom is -0.462 e. The highest BCUT2D eigenvalue weighted by Crippen LogP contribution is 2.48. The second kappa shape index (κ2) is 15.9. The predicted molar refractivity (Wildman–Crippen MR) is 186 cm³/mol. The molecule has 0 radical (unpaired) electrons. The van der Waals surface area contributed by atoms with Gasteiger partial charge in [-0.15, -0.1) is 0 Å². The summed E-state index contributed by atoms with van der Waals surface area (Å²) in [5.74, 6) is -5.24. The number of ether oxygens (including phenoxy) is 4. The van der Waals surface area contributed by atoms with Crippen molar-refractivity contribution in [3.05, 3.63) is 53.4 Å². The van der Waals surface area contributed by atoms with Gasteiger partial charge in [0.25, 0.3) is 0 Å². The molecule has 0 amide bonds. The number of carbonyl (C=O) groups is 4. The first-order valence-electron chi connectivity index (χ1n) is 15.5. The second-order valence-corrected chi connectivity index (χ2v) is 16.3. The van der Waals surface area contributed by atoms with Crippen LogP contribution in [0.15, 0.2) is 12.1 Å². The van der Waals surface area contributed by atoms with Crippen molar-refractivity contribution in [2.45, 2.75) is 79.1 Å². The summed E-state index contributed by atoms with van der Waals surface area (Å²) < 4.78 is 21.1. The molecule has 0 aromatic heterocycles. The van der Waals surface area contributed by atoms with Crippen LogP contribution in [0.4, 0.5) is 0 Å². The summed E-state index contributed by atoms with van der Waals surface area (Å²) in [4.78, 5) is 52.1. The monoisotopic (exact) mass is 782 g/mol. The highest BCUT2D eigenvalue weighted by molar-refractivity contribution is 6.47. The first-order valence-corrected chi connectivity index (χ1v) is 17.8. The van der Waals surface area contributed by atoms with Crippen LogP contribution in [0.1, 0.15) is 99.8 Å². The molecule has 2 aliphatic rings. The molecule has 262 valence electrons. The normalized spacial score (nSPS) is 16.8. The van der Waals surface area contributed by atoms with Crippen LogP contribution in [0, 0.1) is 22.7 Å². The maximum atomic E-state index is 13.1. The van der Waals surface area contributed by atoms with Gasteiger partial charge in [-0.05, 0) is 86.2 Å². The lowest BCUT2D eigenvalue weighted by molar-refractivity contribution is -0.156. The van der Waals surface area contributed by atoms with E-state index >= 15 is 0 Å². The summed E-state index contributed by atoms with van der Waals surface area (Å²) in [6, 6.07) is 2.26. The lowest BCUT2D eigenvalue weighted by atomic mass is 9.63. The molecule has 0 heterocycles. The standard InChI is InChI=1S/C34H36Cl6O8/c1-33(2)13-17(14-33)7-5-9-45-29(41)23-25(39)19(35)11-21(37)27(23)47-31(43)32(44)48-28-22(38)12-20(36)26(40)24(28)30(42)46-10-6-8-18-15-34(3,4)16-18/h11-12,17-18H,5-10,13-16H2,1-4H3. The fourth-order valence-corrected chi connectivity index (χ4v) is 8.06. The Morgan fingerprint density at radius 3 is 1.25 bits per heavy atom. The molecule has 2 fully saturated rings. The average Bonchev–Trinajstić information content (AvgIpc) is 2.96. The van der Waals surface area contributed by atoms with Gasteiger partial charge in [0.15, 0.2) is 11.5 Å². The van der Waals surface area contributed by atoms with E-state index in [0.717, 1.165) is 50.7 Å². The second-order valence-electron chi connectivity index (χ2n) is 13.9. The van der Waals surface area contributed by atoms with E-state index in [9.17, 15) is 19.2 Å². The lowest BCUT2D eigenvalue weighted by Crippen LogP contribution is -2.31. The van der Waals surface area contributed by atoms with Gasteiger partial charge in [-0.1, -0.05) is 97.3 Å². The van der Waals surface area contributed by atoms with E-state index in [2.05, 4.69) is 27.7 Å². The van der Waals surface area contributed by atoms with Crippen LogP contribution in [0.3, 0.4) is 0 Å². The van der Waals surface area contributed by atoms with E-state index in [1.54, 1.807) is 0 Å². The number of benzene rings is 2. The number of hydrogen-bond donors (Lipinski definition) is 0. The minimum absolute atomic E-state index is 0.0686. The Hall–Kier alpha value is -1.94. The van der Waals surface area contributed by atoms with Crippen LogP contribution in [-0.2, 0) is 19.1 Å². The highest BCUT2D eigenvalue weighted by Gasteiger charge is 2.37. The zero-order chi connectivity index (χ0) is 35.6. The summed E-state index contributed by atoms with van der Waals surface area (Å²) in [5, 5.41) is -1.46. The van der Waals surface area contributed by atoms with Crippen molar-refractivity contribution < 1.29 is 38.1 Å². The maximum Gasteiger partial charge on any atom is 0.423 e. The number of rotatable bonds is 12. The molecule has 0 atom stereocenters. The van der Waals surface area contributed by atoms with Crippen molar-refractivity contribution in [3.63, 3.8) is 0 Å². The van der Waals surface area contributed by atoms with Gasteiger partial charge < -0.3 is 18.9 Å². The molecule has 0 N–H and O–H groups in total. The van der Waals surface area contributed by atoms with Gasteiger partial charge in [0, 0.05) is 0 Å². The van der Waals surface area contributed by atoms with Crippen LogP contribution in [-0.4, -0.2) is 37.1 Å². The Morgan fingerprint density at radius 1 is 0.604 bits per heavy atom. The van der Waals surface area contributed by atoms with Gasteiger partial charge in [0.1, 0.15) is 11.1 Å². The van der Waals surface area contributed by atoms with E-state index in [-0.39, 0.29) is 43.3 Å². The Balaban J connectivity index is 1.43. The predicted octanol–water partition coefficient (Wildman–Crippen LogP) is 10.9. The first-order chi connectivity index (χ1) is 22.4. The molecular weight excluding hydrogens is 749 g/mol. The Kier molecular flexibility index (Phi) is 12.9. The van der Waals surface area contributed by atoms with Gasteiger partial charge in [0.05, 0.1) is 43.3 Å². The molecule has 8 nitrogen and oxygen atoms in total. The fraction of sp³-hybridized carbons (Fsp3) is 0.529. The van der Waals surface area contributed by atoms with Crippen molar-refractivity contribution in [2.24, 2.45) is 22.7 Å². The molecule has 2 aliphatic carbocycles. The van der Waals surface area contributed by atoms with Gasteiger partial charge in [-0.3, -0.25) is 0 Å². The molecule has 0 saturated heterocycles. The Bertz CT molecular complexity index is 1470. The van der Waals surface area contributed by atoms with Gasteiger partial charge in [-0.25, -0.2) is 19.2 Å². The fourth-order valence-electron chi connectivity index (χ4n) is 6.62. The highest BCUT2D eigenvalue weighted by atomic mass is 35.5. The SMILES string of the molecule is CC1(C)CC(CCCOC(=O)c2c(Cl)c(Cl)cc(Cl)c2OC(=O)C(=O)Oc2c(Cl)cc(Cl)c(Cl)c2C(=O)OCCCC2CC(C)(C)C2)C1. The van der Waals surface area contributed by atoms with E-state index < -0.39 is 46.5 Å². The zero-order valence-corrected chi connectivity index (χ0v) is 31.4. The van der Waals surface area contributed by atoms with Crippen LogP contribution in [0.2, 0.25) is 30.1 Å². The molecule has 2 aromatic carbocycles. The average molecular weight is 785 g/mol. The summed E-state index contributed by atoms with van der Waals surface area (Å²) >= 11 is 37.4. The topological polar surface area (TPSA) is 105 Å². The van der Waals surface area contributed by atoms with Gasteiger partial charge in [0.2, 0.25) is 0 Å².